The maximum atomic E-state index is 13.3. The standard InChI is InChI=1S/C15H13BrF3N/c1-20-15(10-5-13(18)8-14(19)6-10)4-9-2-11(16)7-12(17)3-9/h2-3,5-8,15,20H,4H2,1H3. The van der Waals surface area contributed by atoms with Crippen molar-refractivity contribution in [3.05, 3.63) is 69.4 Å². The molecule has 0 aliphatic heterocycles. The van der Waals surface area contributed by atoms with Gasteiger partial charge in [-0.1, -0.05) is 15.9 Å². The van der Waals surface area contributed by atoms with Crippen LogP contribution in [0.2, 0.25) is 0 Å². The predicted octanol–water partition coefficient (Wildman–Crippen LogP) is 4.37. The Balaban J connectivity index is 2.28. The molecule has 0 saturated heterocycles. The van der Waals surface area contributed by atoms with Gasteiger partial charge in [-0.15, -0.1) is 0 Å². The smallest absolute Gasteiger partial charge is 0.126 e. The fourth-order valence-electron chi connectivity index (χ4n) is 2.13. The largest absolute Gasteiger partial charge is 0.313 e. The van der Waals surface area contributed by atoms with E-state index in [2.05, 4.69) is 21.2 Å². The second kappa shape index (κ2) is 6.41. The van der Waals surface area contributed by atoms with E-state index in [0.717, 1.165) is 11.6 Å². The highest BCUT2D eigenvalue weighted by molar-refractivity contribution is 9.10. The second-order valence-corrected chi connectivity index (χ2v) is 5.44. The van der Waals surface area contributed by atoms with Gasteiger partial charge in [0.25, 0.3) is 0 Å². The fraction of sp³-hybridized carbons (Fsp3) is 0.200. The van der Waals surface area contributed by atoms with Gasteiger partial charge in [0.2, 0.25) is 0 Å². The zero-order chi connectivity index (χ0) is 14.7. The van der Waals surface area contributed by atoms with Crippen molar-refractivity contribution in [2.24, 2.45) is 0 Å². The number of likely N-dealkylation sites (N-methyl/N-ethyl adjacent to an activating group) is 1. The Morgan fingerprint density at radius 1 is 0.950 bits per heavy atom. The Hall–Kier alpha value is -1.33. The molecule has 2 aromatic carbocycles. The van der Waals surface area contributed by atoms with Gasteiger partial charge in [0, 0.05) is 16.6 Å². The molecule has 0 aliphatic carbocycles. The van der Waals surface area contributed by atoms with Crippen LogP contribution < -0.4 is 5.32 Å². The summed E-state index contributed by atoms with van der Waals surface area (Å²) in [5.74, 6) is -1.60. The first kappa shape index (κ1) is 15.1. The predicted molar refractivity (Wildman–Crippen MR) is 76.0 cm³/mol. The zero-order valence-corrected chi connectivity index (χ0v) is 12.3. The third-order valence-corrected chi connectivity index (χ3v) is 3.46. The van der Waals surface area contributed by atoms with Gasteiger partial charge >= 0.3 is 0 Å². The molecular weight excluding hydrogens is 331 g/mol. The van der Waals surface area contributed by atoms with E-state index in [1.807, 2.05) is 0 Å². The molecule has 20 heavy (non-hydrogen) atoms. The highest BCUT2D eigenvalue weighted by atomic mass is 79.9. The molecule has 2 aromatic rings. The number of nitrogens with one attached hydrogen (secondary N) is 1. The number of hydrogen-bond donors (Lipinski definition) is 1. The van der Waals surface area contributed by atoms with Crippen LogP contribution in [-0.4, -0.2) is 7.05 Å². The Morgan fingerprint density at radius 3 is 2.10 bits per heavy atom. The molecule has 2 rings (SSSR count). The van der Waals surface area contributed by atoms with Crippen molar-refractivity contribution in [1.29, 1.82) is 0 Å². The molecule has 0 heterocycles. The van der Waals surface area contributed by atoms with Crippen LogP contribution in [0.4, 0.5) is 13.2 Å². The van der Waals surface area contributed by atoms with Crippen LogP contribution in [0.25, 0.3) is 0 Å². The number of hydrogen-bond acceptors (Lipinski definition) is 1. The van der Waals surface area contributed by atoms with E-state index in [1.54, 1.807) is 13.1 Å². The summed E-state index contributed by atoms with van der Waals surface area (Å²) in [5, 5.41) is 2.99. The quantitative estimate of drug-likeness (QED) is 0.869. The van der Waals surface area contributed by atoms with Crippen LogP contribution >= 0.6 is 15.9 Å². The second-order valence-electron chi connectivity index (χ2n) is 4.53. The third kappa shape index (κ3) is 3.84. The minimum absolute atomic E-state index is 0.297. The lowest BCUT2D eigenvalue weighted by Gasteiger charge is -2.17. The van der Waals surface area contributed by atoms with Crippen LogP contribution in [-0.2, 0) is 6.42 Å². The molecule has 0 saturated carbocycles. The summed E-state index contributed by atoms with van der Waals surface area (Å²) < 4.78 is 40.5. The van der Waals surface area contributed by atoms with Crippen molar-refractivity contribution in [2.75, 3.05) is 7.05 Å². The molecule has 106 valence electrons. The molecule has 0 bridgehead atoms. The van der Waals surface area contributed by atoms with Gasteiger partial charge in [-0.05, 0) is 54.9 Å². The molecule has 1 nitrogen and oxygen atoms in total. The minimum Gasteiger partial charge on any atom is -0.313 e. The van der Waals surface area contributed by atoms with E-state index in [1.165, 1.54) is 24.3 Å². The third-order valence-electron chi connectivity index (χ3n) is 3.00. The molecule has 1 atom stereocenters. The lowest BCUT2D eigenvalue weighted by molar-refractivity contribution is 0.549. The van der Waals surface area contributed by atoms with Crippen LogP contribution in [0.1, 0.15) is 17.2 Å². The summed E-state index contributed by atoms with van der Waals surface area (Å²) in [6.07, 6.45) is 0.426. The molecule has 0 spiro atoms. The summed E-state index contributed by atoms with van der Waals surface area (Å²) in [6, 6.07) is 7.63. The van der Waals surface area contributed by atoms with E-state index >= 15 is 0 Å². The number of halogens is 4. The summed E-state index contributed by atoms with van der Waals surface area (Å²) in [7, 11) is 1.70. The van der Waals surface area contributed by atoms with Crippen molar-refractivity contribution in [3.8, 4) is 0 Å². The molecule has 5 heteroatoms. The molecule has 0 amide bonds. The maximum absolute atomic E-state index is 13.3. The Morgan fingerprint density at radius 2 is 1.55 bits per heavy atom. The summed E-state index contributed by atoms with van der Waals surface area (Å²) in [4.78, 5) is 0. The molecule has 0 aliphatic rings. The Labute approximate surface area is 123 Å². The summed E-state index contributed by atoms with van der Waals surface area (Å²) in [6.45, 7) is 0. The molecule has 1 unspecified atom stereocenters. The lowest BCUT2D eigenvalue weighted by Crippen LogP contribution is -2.19. The fourth-order valence-corrected chi connectivity index (χ4v) is 2.64. The SMILES string of the molecule is CNC(Cc1cc(F)cc(Br)c1)c1cc(F)cc(F)c1. The average molecular weight is 344 g/mol. The van der Waals surface area contributed by atoms with Gasteiger partial charge in [0.15, 0.2) is 0 Å². The van der Waals surface area contributed by atoms with Crippen molar-refractivity contribution in [1.82, 2.24) is 5.32 Å². The van der Waals surface area contributed by atoms with E-state index in [9.17, 15) is 13.2 Å². The van der Waals surface area contributed by atoms with Crippen molar-refractivity contribution < 1.29 is 13.2 Å². The molecule has 0 fully saturated rings. The van der Waals surface area contributed by atoms with Crippen molar-refractivity contribution in [3.63, 3.8) is 0 Å². The topological polar surface area (TPSA) is 12.0 Å². The molecule has 0 aromatic heterocycles. The zero-order valence-electron chi connectivity index (χ0n) is 10.8. The molecule has 1 N–H and O–H groups in total. The first-order valence-corrected chi connectivity index (χ1v) is 6.85. The van der Waals surface area contributed by atoms with Gasteiger partial charge in [0.1, 0.15) is 17.5 Å². The van der Waals surface area contributed by atoms with E-state index < -0.39 is 11.6 Å². The number of benzene rings is 2. The Bertz CT molecular complexity index is 576. The summed E-state index contributed by atoms with van der Waals surface area (Å²) >= 11 is 3.22. The number of rotatable bonds is 4. The van der Waals surface area contributed by atoms with E-state index in [-0.39, 0.29) is 11.9 Å². The van der Waals surface area contributed by atoms with E-state index in [4.69, 9.17) is 0 Å². The normalized spacial score (nSPS) is 12.4. The average Bonchev–Trinajstić information content (AvgIpc) is 2.33. The van der Waals surface area contributed by atoms with Gasteiger partial charge < -0.3 is 5.32 Å². The van der Waals surface area contributed by atoms with Gasteiger partial charge in [-0.2, -0.15) is 0 Å². The van der Waals surface area contributed by atoms with Crippen molar-refractivity contribution in [2.45, 2.75) is 12.5 Å². The van der Waals surface area contributed by atoms with Crippen LogP contribution in [0, 0.1) is 17.5 Å². The molecule has 0 radical (unpaired) electrons. The van der Waals surface area contributed by atoms with E-state index in [0.29, 0.717) is 16.5 Å². The van der Waals surface area contributed by atoms with Crippen LogP contribution in [0.15, 0.2) is 40.9 Å². The van der Waals surface area contributed by atoms with Crippen LogP contribution in [0.5, 0.6) is 0 Å². The van der Waals surface area contributed by atoms with Gasteiger partial charge in [0.05, 0.1) is 0 Å². The molecular formula is C15H13BrF3N. The first-order valence-electron chi connectivity index (χ1n) is 6.06. The highest BCUT2D eigenvalue weighted by Gasteiger charge is 2.13. The van der Waals surface area contributed by atoms with Crippen LogP contribution in [0.3, 0.4) is 0 Å². The lowest BCUT2D eigenvalue weighted by atomic mass is 9.98. The van der Waals surface area contributed by atoms with Crippen molar-refractivity contribution >= 4 is 15.9 Å². The minimum atomic E-state index is -0.624. The highest BCUT2D eigenvalue weighted by Crippen LogP contribution is 2.23. The monoisotopic (exact) mass is 343 g/mol. The van der Waals surface area contributed by atoms with Gasteiger partial charge in [-0.25, -0.2) is 13.2 Å². The Kier molecular flexibility index (Phi) is 4.83. The van der Waals surface area contributed by atoms with Gasteiger partial charge in [-0.3, -0.25) is 0 Å². The summed E-state index contributed by atoms with van der Waals surface area (Å²) in [5.41, 5.74) is 1.23. The first-order chi connectivity index (χ1) is 9.47. The maximum Gasteiger partial charge on any atom is 0.126 e.